The monoisotopic (exact) mass is 302 g/mol. The zero-order valence-electron chi connectivity index (χ0n) is 11.3. The summed E-state index contributed by atoms with van der Waals surface area (Å²) in [4.78, 5) is 6.85. The summed E-state index contributed by atoms with van der Waals surface area (Å²) < 4.78 is 0. The van der Waals surface area contributed by atoms with Crippen LogP contribution >= 0.6 is 23.2 Å². The van der Waals surface area contributed by atoms with E-state index >= 15 is 0 Å². The molecule has 19 heavy (non-hydrogen) atoms. The first-order valence-electron chi connectivity index (χ1n) is 6.64. The van der Waals surface area contributed by atoms with Crippen molar-refractivity contribution in [2.75, 3.05) is 43.9 Å². The molecule has 0 aliphatic carbocycles. The number of nitrogens with one attached hydrogen (secondary N) is 2. The molecular weight excluding hydrogens is 283 g/mol. The Hall–Kier alpha value is -0.710. The van der Waals surface area contributed by atoms with Crippen molar-refractivity contribution >= 4 is 34.8 Å². The van der Waals surface area contributed by atoms with Crippen LogP contribution in [-0.4, -0.2) is 43.1 Å². The second kappa shape index (κ2) is 6.64. The Balaban J connectivity index is 1.96. The third-order valence-electron chi connectivity index (χ3n) is 3.54. The highest BCUT2D eigenvalue weighted by Gasteiger charge is 2.21. The number of pyridine rings is 1. The zero-order valence-corrected chi connectivity index (χ0v) is 12.9. The average molecular weight is 303 g/mol. The maximum Gasteiger partial charge on any atom is 0.147 e. The molecule has 6 heteroatoms. The van der Waals surface area contributed by atoms with Crippen LogP contribution < -0.4 is 10.6 Å². The summed E-state index contributed by atoms with van der Waals surface area (Å²) in [7, 11) is 1.79. The summed E-state index contributed by atoms with van der Waals surface area (Å²) in [5.41, 5.74) is 0. The molecule has 0 radical (unpaired) electrons. The third-order valence-corrected chi connectivity index (χ3v) is 4.12. The number of rotatable bonds is 5. The van der Waals surface area contributed by atoms with Crippen LogP contribution in [0.5, 0.6) is 0 Å². The van der Waals surface area contributed by atoms with Gasteiger partial charge in [-0.05, 0) is 31.5 Å². The third kappa shape index (κ3) is 3.65. The number of halogens is 2. The standard InChI is InChI=1S/C13H20Cl2N4/c1-3-19-5-4-9(8-19)7-17-13-11(15)6-10(14)12(16-2)18-13/h6,9H,3-5,7-8H2,1-2H3,(H2,16,17,18). The van der Waals surface area contributed by atoms with Gasteiger partial charge in [-0.15, -0.1) is 0 Å². The van der Waals surface area contributed by atoms with E-state index in [9.17, 15) is 0 Å². The first-order valence-corrected chi connectivity index (χ1v) is 7.39. The molecule has 106 valence electrons. The Bertz CT molecular complexity index is 439. The van der Waals surface area contributed by atoms with Crippen LogP contribution in [0.3, 0.4) is 0 Å². The predicted molar refractivity (Wildman–Crippen MR) is 82.5 cm³/mol. The van der Waals surface area contributed by atoms with Crippen LogP contribution in [0.1, 0.15) is 13.3 Å². The quantitative estimate of drug-likeness (QED) is 0.876. The van der Waals surface area contributed by atoms with Crippen molar-refractivity contribution in [1.29, 1.82) is 0 Å². The lowest BCUT2D eigenvalue weighted by atomic mass is 10.1. The van der Waals surface area contributed by atoms with Crippen molar-refractivity contribution in [3.63, 3.8) is 0 Å². The molecule has 1 aromatic rings. The summed E-state index contributed by atoms with van der Waals surface area (Å²) in [5.74, 6) is 2.01. The fraction of sp³-hybridized carbons (Fsp3) is 0.615. The largest absolute Gasteiger partial charge is 0.372 e. The van der Waals surface area contributed by atoms with Crippen LogP contribution in [0.4, 0.5) is 11.6 Å². The van der Waals surface area contributed by atoms with Crippen molar-refractivity contribution in [3.05, 3.63) is 16.1 Å². The van der Waals surface area contributed by atoms with E-state index in [1.54, 1.807) is 13.1 Å². The fourth-order valence-electron chi connectivity index (χ4n) is 2.37. The van der Waals surface area contributed by atoms with Gasteiger partial charge in [0, 0.05) is 20.1 Å². The molecule has 2 rings (SSSR count). The lowest BCUT2D eigenvalue weighted by Crippen LogP contribution is -2.22. The Morgan fingerprint density at radius 1 is 1.37 bits per heavy atom. The van der Waals surface area contributed by atoms with Crippen LogP contribution in [0.2, 0.25) is 10.0 Å². The first-order chi connectivity index (χ1) is 9.13. The van der Waals surface area contributed by atoms with E-state index in [1.165, 1.54) is 13.0 Å². The van der Waals surface area contributed by atoms with Gasteiger partial charge in [-0.25, -0.2) is 4.98 Å². The van der Waals surface area contributed by atoms with Gasteiger partial charge in [-0.2, -0.15) is 0 Å². The van der Waals surface area contributed by atoms with Crippen molar-refractivity contribution in [2.45, 2.75) is 13.3 Å². The molecule has 2 heterocycles. The molecule has 1 aliphatic rings. The van der Waals surface area contributed by atoms with Gasteiger partial charge in [0.2, 0.25) is 0 Å². The SMILES string of the molecule is CCN1CCC(CNc2nc(NC)c(Cl)cc2Cl)C1. The van der Waals surface area contributed by atoms with Crippen LogP contribution in [-0.2, 0) is 0 Å². The van der Waals surface area contributed by atoms with Crippen molar-refractivity contribution in [1.82, 2.24) is 9.88 Å². The van der Waals surface area contributed by atoms with Crippen molar-refractivity contribution in [3.8, 4) is 0 Å². The lowest BCUT2D eigenvalue weighted by molar-refractivity contribution is 0.345. The van der Waals surface area contributed by atoms with E-state index in [0.29, 0.717) is 27.6 Å². The highest BCUT2D eigenvalue weighted by Crippen LogP contribution is 2.29. The van der Waals surface area contributed by atoms with Crippen LogP contribution in [0, 0.1) is 5.92 Å². The lowest BCUT2D eigenvalue weighted by Gasteiger charge is -2.15. The summed E-state index contributed by atoms with van der Waals surface area (Å²) in [6, 6.07) is 1.72. The molecule has 0 spiro atoms. The summed E-state index contributed by atoms with van der Waals surface area (Å²) in [6.07, 6.45) is 1.23. The number of nitrogens with zero attached hydrogens (tertiary/aromatic N) is 2. The average Bonchev–Trinajstić information content (AvgIpc) is 2.86. The van der Waals surface area contributed by atoms with E-state index in [1.807, 2.05) is 0 Å². The Kier molecular flexibility index (Phi) is 5.13. The molecule has 1 aromatic heterocycles. The molecule has 0 bridgehead atoms. The fourth-order valence-corrected chi connectivity index (χ4v) is 2.89. The van der Waals surface area contributed by atoms with Crippen LogP contribution in [0.15, 0.2) is 6.07 Å². The molecule has 0 aromatic carbocycles. The Morgan fingerprint density at radius 3 is 2.74 bits per heavy atom. The molecule has 0 amide bonds. The van der Waals surface area contributed by atoms with Gasteiger partial charge in [0.25, 0.3) is 0 Å². The van der Waals surface area contributed by atoms with E-state index in [4.69, 9.17) is 23.2 Å². The minimum atomic E-state index is 0.538. The summed E-state index contributed by atoms with van der Waals surface area (Å²) >= 11 is 12.2. The van der Waals surface area contributed by atoms with Crippen molar-refractivity contribution in [2.24, 2.45) is 5.92 Å². The van der Waals surface area contributed by atoms with Crippen LogP contribution in [0.25, 0.3) is 0 Å². The second-order valence-electron chi connectivity index (χ2n) is 4.83. The smallest absolute Gasteiger partial charge is 0.147 e. The molecule has 2 N–H and O–H groups in total. The number of hydrogen-bond acceptors (Lipinski definition) is 4. The summed E-state index contributed by atoms with van der Waals surface area (Å²) in [5, 5.41) is 7.39. The number of aromatic nitrogens is 1. The molecule has 4 nitrogen and oxygen atoms in total. The van der Waals surface area contributed by atoms with E-state index < -0.39 is 0 Å². The van der Waals surface area contributed by atoms with Gasteiger partial charge < -0.3 is 15.5 Å². The molecule has 1 aliphatic heterocycles. The topological polar surface area (TPSA) is 40.2 Å². The van der Waals surface area contributed by atoms with Crippen molar-refractivity contribution < 1.29 is 0 Å². The van der Waals surface area contributed by atoms with Gasteiger partial charge in [0.15, 0.2) is 0 Å². The molecule has 1 atom stereocenters. The van der Waals surface area contributed by atoms with E-state index in [0.717, 1.165) is 19.6 Å². The first kappa shape index (κ1) is 14.7. The summed E-state index contributed by atoms with van der Waals surface area (Å²) in [6.45, 7) is 6.56. The highest BCUT2D eigenvalue weighted by atomic mass is 35.5. The molecule has 0 saturated carbocycles. The molecular formula is C13H20Cl2N4. The zero-order chi connectivity index (χ0) is 13.8. The second-order valence-corrected chi connectivity index (χ2v) is 5.64. The maximum atomic E-state index is 6.15. The van der Waals surface area contributed by atoms with Gasteiger partial charge in [-0.1, -0.05) is 30.1 Å². The minimum Gasteiger partial charge on any atom is -0.372 e. The van der Waals surface area contributed by atoms with Gasteiger partial charge >= 0.3 is 0 Å². The van der Waals surface area contributed by atoms with Gasteiger partial charge in [0.1, 0.15) is 11.6 Å². The number of hydrogen-bond donors (Lipinski definition) is 2. The minimum absolute atomic E-state index is 0.538. The number of anilines is 2. The molecule has 1 saturated heterocycles. The Morgan fingerprint density at radius 2 is 2.11 bits per heavy atom. The van der Waals surface area contributed by atoms with E-state index in [-0.39, 0.29) is 0 Å². The normalized spacial score (nSPS) is 19.7. The van der Waals surface area contributed by atoms with E-state index in [2.05, 4.69) is 27.4 Å². The molecule has 1 unspecified atom stereocenters. The molecule has 1 fully saturated rings. The Labute approximate surface area is 124 Å². The van der Waals surface area contributed by atoms with Gasteiger partial charge in [0.05, 0.1) is 10.0 Å². The highest BCUT2D eigenvalue weighted by molar-refractivity contribution is 6.37. The van der Waals surface area contributed by atoms with Gasteiger partial charge in [-0.3, -0.25) is 0 Å². The number of likely N-dealkylation sites (tertiary alicyclic amines) is 1. The maximum absolute atomic E-state index is 6.15. The predicted octanol–water partition coefficient (Wildman–Crippen LogP) is 3.18.